The van der Waals surface area contributed by atoms with Gasteiger partial charge in [-0.2, -0.15) is 5.10 Å². The molecule has 1 aromatic carbocycles. The minimum Gasteiger partial charge on any atom is -0.395 e. The zero-order valence-corrected chi connectivity index (χ0v) is 13.7. The SMILES string of the molecule is CCn1nccc1CN(CCO)C(=O)[C@H]1C[C@@H]1c1ccccc1F. The van der Waals surface area contributed by atoms with Gasteiger partial charge in [-0.05, 0) is 37.0 Å². The van der Waals surface area contributed by atoms with Crippen molar-refractivity contribution in [2.24, 2.45) is 5.92 Å². The van der Waals surface area contributed by atoms with Crippen LogP contribution in [0.4, 0.5) is 4.39 Å². The van der Waals surface area contributed by atoms with Crippen molar-refractivity contribution in [1.29, 1.82) is 0 Å². The maximum atomic E-state index is 13.9. The molecule has 0 bridgehead atoms. The van der Waals surface area contributed by atoms with Crippen LogP contribution < -0.4 is 0 Å². The summed E-state index contributed by atoms with van der Waals surface area (Å²) < 4.78 is 15.7. The number of aliphatic hydroxyl groups excluding tert-OH is 1. The van der Waals surface area contributed by atoms with E-state index in [0.29, 0.717) is 18.5 Å². The molecule has 1 amide bonds. The number of amides is 1. The summed E-state index contributed by atoms with van der Waals surface area (Å²) >= 11 is 0. The lowest BCUT2D eigenvalue weighted by atomic mass is 10.1. The standard InChI is InChI=1S/C18H22FN3O2/c1-2-22-13(7-8-20-22)12-21(9-10-23)18(24)16-11-15(16)14-5-3-4-6-17(14)19/h3-8,15-16,23H,2,9-12H2,1H3/t15-,16+/m1/s1. The zero-order chi connectivity index (χ0) is 17.1. The van der Waals surface area contributed by atoms with Crippen LogP contribution in [0.25, 0.3) is 0 Å². The van der Waals surface area contributed by atoms with Gasteiger partial charge in [-0.25, -0.2) is 4.39 Å². The molecule has 0 unspecified atom stereocenters. The molecule has 0 saturated heterocycles. The maximum absolute atomic E-state index is 13.9. The second kappa shape index (κ2) is 7.13. The molecule has 0 spiro atoms. The van der Waals surface area contributed by atoms with Gasteiger partial charge < -0.3 is 10.0 Å². The number of aromatic nitrogens is 2. The van der Waals surface area contributed by atoms with Gasteiger partial charge in [0.15, 0.2) is 0 Å². The zero-order valence-electron chi connectivity index (χ0n) is 13.7. The molecule has 2 atom stereocenters. The molecule has 2 aromatic rings. The van der Waals surface area contributed by atoms with Gasteiger partial charge in [-0.3, -0.25) is 9.48 Å². The van der Waals surface area contributed by atoms with Gasteiger partial charge in [-0.1, -0.05) is 18.2 Å². The van der Waals surface area contributed by atoms with Crippen LogP contribution in [0.15, 0.2) is 36.5 Å². The van der Waals surface area contributed by atoms with E-state index in [1.54, 1.807) is 29.3 Å². The summed E-state index contributed by atoms with van der Waals surface area (Å²) in [4.78, 5) is 14.4. The highest BCUT2D eigenvalue weighted by atomic mass is 19.1. The maximum Gasteiger partial charge on any atom is 0.226 e. The minimum atomic E-state index is -0.254. The van der Waals surface area contributed by atoms with E-state index in [-0.39, 0.29) is 36.7 Å². The molecule has 1 aliphatic carbocycles. The predicted octanol–water partition coefficient (Wildman–Crippen LogP) is 2.17. The van der Waals surface area contributed by atoms with Crippen molar-refractivity contribution in [2.75, 3.05) is 13.2 Å². The lowest BCUT2D eigenvalue weighted by Gasteiger charge is -2.22. The average molecular weight is 331 g/mol. The molecule has 0 aliphatic heterocycles. The van der Waals surface area contributed by atoms with E-state index in [1.165, 1.54) is 6.07 Å². The molecule has 3 rings (SSSR count). The Kier molecular flexibility index (Phi) is 4.94. The molecular weight excluding hydrogens is 309 g/mol. The molecule has 0 radical (unpaired) electrons. The Bertz CT molecular complexity index is 716. The summed E-state index contributed by atoms with van der Waals surface area (Å²) in [5, 5.41) is 13.5. The molecule has 128 valence electrons. The van der Waals surface area contributed by atoms with Crippen molar-refractivity contribution in [3.8, 4) is 0 Å². The predicted molar refractivity (Wildman–Crippen MR) is 87.7 cm³/mol. The highest BCUT2D eigenvalue weighted by Gasteiger charge is 2.46. The summed E-state index contributed by atoms with van der Waals surface area (Å²) in [5.74, 6) is -0.542. The van der Waals surface area contributed by atoms with Gasteiger partial charge >= 0.3 is 0 Å². The molecule has 1 N–H and O–H groups in total. The lowest BCUT2D eigenvalue weighted by Crippen LogP contribution is -2.35. The summed E-state index contributed by atoms with van der Waals surface area (Å²) in [6, 6.07) is 8.50. The number of halogens is 1. The molecule has 24 heavy (non-hydrogen) atoms. The van der Waals surface area contributed by atoms with Crippen molar-refractivity contribution in [3.63, 3.8) is 0 Å². The van der Waals surface area contributed by atoms with Crippen molar-refractivity contribution in [1.82, 2.24) is 14.7 Å². The third-order valence-corrected chi connectivity index (χ3v) is 4.55. The Hall–Kier alpha value is -2.21. The first-order valence-electron chi connectivity index (χ1n) is 8.30. The molecule has 1 aromatic heterocycles. The topological polar surface area (TPSA) is 58.4 Å². The van der Waals surface area contributed by atoms with E-state index in [9.17, 15) is 14.3 Å². The number of hydrogen-bond donors (Lipinski definition) is 1. The van der Waals surface area contributed by atoms with Crippen molar-refractivity contribution in [2.45, 2.75) is 32.4 Å². The molecular formula is C18H22FN3O2. The second-order valence-electron chi connectivity index (χ2n) is 6.09. The van der Waals surface area contributed by atoms with Crippen molar-refractivity contribution >= 4 is 5.91 Å². The van der Waals surface area contributed by atoms with Crippen LogP contribution >= 0.6 is 0 Å². The fraction of sp³-hybridized carbons (Fsp3) is 0.444. The molecule has 6 heteroatoms. The van der Waals surface area contributed by atoms with E-state index in [1.807, 2.05) is 17.7 Å². The summed E-state index contributed by atoms with van der Waals surface area (Å²) in [6.45, 7) is 3.31. The van der Waals surface area contributed by atoms with Gasteiger partial charge in [0.1, 0.15) is 5.82 Å². The molecule has 1 aliphatic rings. The number of carbonyl (C=O) groups is 1. The fourth-order valence-corrected chi connectivity index (χ4v) is 3.18. The molecule has 1 fully saturated rings. The van der Waals surface area contributed by atoms with Crippen LogP contribution in [0.2, 0.25) is 0 Å². The molecule has 5 nitrogen and oxygen atoms in total. The number of rotatable bonds is 7. The summed E-state index contributed by atoms with van der Waals surface area (Å²) in [6.07, 6.45) is 2.37. The van der Waals surface area contributed by atoms with E-state index >= 15 is 0 Å². The Morgan fingerprint density at radius 1 is 1.42 bits per heavy atom. The average Bonchev–Trinajstić information content (AvgIpc) is 3.25. The third-order valence-electron chi connectivity index (χ3n) is 4.55. The van der Waals surface area contributed by atoms with Gasteiger partial charge in [0.2, 0.25) is 5.91 Å². The first-order chi connectivity index (χ1) is 11.7. The molecule has 1 heterocycles. The van der Waals surface area contributed by atoms with Gasteiger partial charge in [0.05, 0.1) is 18.8 Å². The van der Waals surface area contributed by atoms with Crippen LogP contribution in [0.1, 0.15) is 30.5 Å². The minimum absolute atomic E-state index is 0.0267. The van der Waals surface area contributed by atoms with Crippen LogP contribution in [0.5, 0.6) is 0 Å². The fourth-order valence-electron chi connectivity index (χ4n) is 3.18. The smallest absolute Gasteiger partial charge is 0.226 e. The van der Waals surface area contributed by atoms with Crippen LogP contribution in [0, 0.1) is 11.7 Å². The number of benzene rings is 1. The number of aliphatic hydroxyl groups is 1. The number of aryl methyl sites for hydroxylation is 1. The van der Waals surface area contributed by atoms with E-state index < -0.39 is 0 Å². The Morgan fingerprint density at radius 3 is 2.92 bits per heavy atom. The van der Waals surface area contributed by atoms with Crippen LogP contribution in [0.3, 0.4) is 0 Å². The van der Waals surface area contributed by atoms with E-state index in [4.69, 9.17) is 0 Å². The molecule has 1 saturated carbocycles. The highest BCUT2D eigenvalue weighted by Crippen LogP contribution is 2.49. The van der Waals surface area contributed by atoms with E-state index in [2.05, 4.69) is 5.10 Å². The second-order valence-corrected chi connectivity index (χ2v) is 6.09. The van der Waals surface area contributed by atoms with Gasteiger partial charge in [0.25, 0.3) is 0 Å². The van der Waals surface area contributed by atoms with Gasteiger partial charge in [0, 0.05) is 25.2 Å². The van der Waals surface area contributed by atoms with Crippen molar-refractivity contribution < 1.29 is 14.3 Å². The third kappa shape index (κ3) is 3.33. The largest absolute Gasteiger partial charge is 0.395 e. The lowest BCUT2D eigenvalue weighted by molar-refractivity contribution is -0.133. The van der Waals surface area contributed by atoms with Crippen molar-refractivity contribution in [3.05, 3.63) is 53.6 Å². The number of carbonyl (C=O) groups excluding carboxylic acids is 1. The Labute approximate surface area is 140 Å². The monoisotopic (exact) mass is 331 g/mol. The Morgan fingerprint density at radius 2 is 2.21 bits per heavy atom. The quantitative estimate of drug-likeness (QED) is 0.846. The van der Waals surface area contributed by atoms with Gasteiger partial charge in [-0.15, -0.1) is 0 Å². The van der Waals surface area contributed by atoms with Crippen LogP contribution in [-0.2, 0) is 17.9 Å². The van der Waals surface area contributed by atoms with E-state index in [0.717, 1.165) is 12.2 Å². The number of nitrogens with zero attached hydrogens (tertiary/aromatic N) is 3. The summed E-state index contributed by atoms with van der Waals surface area (Å²) in [7, 11) is 0. The number of hydrogen-bond acceptors (Lipinski definition) is 3. The Balaban J connectivity index is 1.71. The highest BCUT2D eigenvalue weighted by molar-refractivity contribution is 5.83. The van der Waals surface area contributed by atoms with Crippen LogP contribution in [-0.4, -0.2) is 38.8 Å². The first kappa shape index (κ1) is 16.6. The summed E-state index contributed by atoms with van der Waals surface area (Å²) in [5.41, 5.74) is 1.54. The normalized spacial score (nSPS) is 19.3. The first-order valence-corrected chi connectivity index (χ1v) is 8.30.